The fraction of sp³-hybridized carbons (Fsp3) is 0.500. The third-order valence-electron chi connectivity index (χ3n) is 0. The van der Waals surface area contributed by atoms with Crippen LogP contribution in [0.5, 0.6) is 0 Å². The van der Waals surface area contributed by atoms with Crippen molar-refractivity contribution < 1.29 is 4.79 Å². The van der Waals surface area contributed by atoms with Crippen molar-refractivity contribution in [1.29, 1.82) is 0 Å². The molecular weight excluding hydrogens is 408 g/mol. The second-order valence-electron chi connectivity index (χ2n) is 0.843. The lowest BCUT2D eigenvalue weighted by Gasteiger charge is -1.91. The Hall–Kier alpha value is 2.05. The van der Waals surface area contributed by atoms with Gasteiger partial charge in [0.05, 0.1) is 0 Å². The molecule has 0 aromatic rings. The lowest BCUT2D eigenvalue weighted by atomic mass is 11.8. The average Bonchev–Trinajstić information content (AvgIpc) is 1.82. The largest absolute Gasteiger partial charge is 0.266 e. The second-order valence-corrected chi connectivity index (χ2v) is 7.08. The van der Waals surface area contributed by atoms with Crippen LogP contribution in [0.4, 0.5) is 0 Å². The molecule has 0 bridgehead atoms. The number of hydrogen-bond acceptors (Lipinski definition) is 4. The third kappa shape index (κ3) is 754. The molecule has 0 unspecified atom stereocenters. The molecule has 0 N–H and O–H groups in total. The molecule has 11 heteroatoms. The molecule has 0 amide bonds. The molecule has 1 nitrogen and oxygen atoms in total. The maximum atomic E-state index is 8.50. The van der Waals surface area contributed by atoms with Gasteiger partial charge in [-0.25, -0.2) is 4.79 Å². The maximum Gasteiger partial charge on any atom is 0.266 e. The van der Waals surface area contributed by atoms with Crippen LogP contribution in [0.1, 0.15) is 0 Å². The first-order valence-electron chi connectivity index (χ1n) is 2.23. The van der Waals surface area contributed by atoms with Crippen molar-refractivity contribution in [3.05, 3.63) is 0 Å². The normalized spacial score (nSPS) is 7.47. The van der Waals surface area contributed by atoms with E-state index in [0.717, 1.165) is 5.23 Å². The molecule has 0 rings (SSSR count). The Kier molecular flexibility index (Phi) is 36.7. The summed E-state index contributed by atoms with van der Waals surface area (Å²) in [5.41, 5.74) is 0. The zero-order valence-electron chi connectivity index (χ0n) is 6.36. The van der Waals surface area contributed by atoms with E-state index >= 15 is 0 Å². The molecule has 0 aliphatic carbocycles. The van der Waals surface area contributed by atoms with Gasteiger partial charge < -0.3 is 0 Å². The fourth-order valence-electron chi connectivity index (χ4n) is 0. The molecule has 0 aromatic carbocycles. The lowest BCUT2D eigenvalue weighted by Crippen LogP contribution is -1.81. The maximum absolute atomic E-state index is 8.50. The molecule has 0 fully saturated rings. The minimum absolute atomic E-state index is 0.750. The summed E-state index contributed by atoms with van der Waals surface area (Å²) < 4.78 is -0.444. The van der Waals surface area contributed by atoms with E-state index in [-0.39, 0.29) is 0 Å². The minimum Gasteiger partial charge on any atom is -0.220 e. The van der Waals surface area contributed by atoms with Gasteiger partial charge in [-0.15, -0.1) is 0 Å². The Labute approximate surface area is 138 Å². The van der Waals surface area contributed by atoms with Crippen LogP contribution in [0, 0.1) is 0 Å². The van der Waals surface area contributed by atoms with Gasteiger partial charge in [0.15, 0.2) is 4.30 Å². The smallest absolute Gasteiger partial charge is 0.220 e. The highest BCUT2D eigenvalue weighted by Gasteiger charge is 2.11. The van der Waals surface area contributed by atoms with Gasteiger partial charge in [0, 0.05) is 16.5 Å². The van der Waals surface area contributed by atoms with Crippen molar-refractivity contribution in [3.8, 4) is 0 Å². The van der Waals surface area contributed by atoms with E-state index in [1.807, 2.05) is 4.31 Å². The summed E-state index contributed by atoms with van der Waals surface area (Å²) in [7, 11) is 0. The quantitative estimate of drug-likeness (QED) is 0.371. The molecular formula is C4HCl7OS3. The monoisotopic (exact) mass is 406 g/mol. The number of carbonyl (C=O) groups excluding carboxylic acids is 1. The summed E-state index contributed by atoms with van der Waals surface area (Å²) in [6.45, 7) is 0. The lowest BCUT2D eigenvalue weighted by molar-refractivity contribution is 0.572. The summed E-state index contributed by atoms with van der Waals surface area (Å²) >= 11 is 45.2. The average molecular weight is 409 g/mol. The Morgan fingerprint density at radius 1 is 0.933 bits per heavy atom. The van der Waals surface area contributed by atoms with Crippen molar-refractivity contribution in [2.45, 2.75) is 7.55 Å². The van der Waals surface area contributed by atoms with Crippen LogP contribution in [-0.4, -0.2) is 17.1 Å². The summed E-state index contributed by atoms with van der Waals surface area (Å²) in [4.78, 5) is 8.50. The van der Waals surface area contributed by atoms with Crippen LogP contribution in [0.2, 0.25) is 0 Å². The summed E-state index contributed by atoms with van der Waals surface area (Å²) in [6, 6.07) is 0. The van der Waals surface area contributed by atoms with Crippen LogP contribution in [0.15, 0.2) is 0 Å². The Morgan fingerprint density at radius 2 is 0.933 bits per heavy atom. The summed E-state index contributed by atoms with van der Waals surface area (Å²) in [5, 5.41) is 1.08. The Balaban J connectivity index is -0.0000000553. The predicted octanol–water partition coefficient (Wildman–Crippen LogP) is 5.81. The summed E-state index contributed by atoms with van der Waals surface area (Å²) in [5.74, 6) is 0. The van der Waals surface area contributed by atoms with E-state index in [1.165, 1.54) is 0 Å². The van der Waals surface area contributed by atoms with Crippen LogP contribution in [-0.2, 0) is 4.79 Å². The standard InChI is InChI=1S/CCl4.CHCl3.COS.CS2/c2-1(3,4)5;2-1(3)4;2*2-1-3/h;1H;;. The molecule has 0 saturated carbocycles. The molecule has 15 heavy (non-hydrogen) atoms. The first kappa shape index (κ1) is 25.8. The van der Waals surface area contributed by atoms with Crippen molar-refractivity contribution in [2.75, 3.05) is 0 Å². The first-order chi connectivity index (χ1) is 6.56. The van der Waals surface area contributed by atoms with E-state index in [9.17, 15) is 0 Å². The number of rotatable bonds is 0. The molecule has 90 valence electrons. The molecule has 0 spiro atoms. The van der Waals surface area contributed by atoms with Crippen LogP contribution in [0.3, 0.4) is 0 Å². The molecule has 0 aromatic heterocycles. The summed E-state index contributed by atoms with van der Waals surface area (Å²) in [6.07, 6.45) is 0. The minimum atomic E-state index is -1.61. The molecule has 0 radical (unpaired) electrons. The Morgan fingerprint density at radius 3 is 0.933 bits per heavy atom. The molecule has 0 aliphatic heterocycles. The number of hydrogen-bond donors (Lipinski definition) is 0. The first-order valence-corrected chi connectivity index (χ1v) is 6.27. The molecule has 0 saturated heterocycles. The molecule has 0 atom stereocenters. The van der Waals surface area contributed by atoms with Gasteiger partial charge in [-0.1, -0.05) is 81.2 Å². The zero-order valence-corrected chi connectivity index (χ0v) is 14.1. The third-order valence-corrected chi connectivity index (χ3v) is 0. The van der Waals surface area contributed by atoms with E-state index in [2.05, 4.69) is 36.7 Å². The highest BCUT2D eigenvalue weighted by Crippen LogP contribution is 2.29. The van der Waals surface area contributed by atoms with Gasteiger partial charge in [-0.3, -0.25) is 0 Å². The fourth-order valence-corrected chi connectivity index (χ4v) is 0. The van der Waals surface area contributed by atoms with E-state index in [0.29, 0.717) is 0 Å². The predicted molar refractivity (Wildman–Crippen MR) is 81.0 cm³/mol. The van der Waals surface area contributed by atoms with Gasteiger partial charge in [-0.2, -0.15) is 0 Å². The number of halogens is 7. The molecule has 0 aliphatic rings. The van der Waals surface area contributed by atoms with Crippen LogP contribution >= 0.6 is 118 Å². The number of thiocarbonyl (C=S) groups is 3. The van der Waals surface area contributed by atoms with Crippen molar-refractivity contribution in [2.24, 2.45) is 0 Å². The van der Waals surface area contributed by atoms with Gasteiger partial charge in [0.1, 0.15) is 0 Å². The van der Waals surface area contributed by atoms with E-state index < -0.39 is 7.55 Å². The van der Waals surface area contributed by atoms with Crippen LogP contribution < -0.4 is 0 Å². The van der Waals surface area contributed by atoms with Gasteiger partial charge in [0.2, 0.25) is 5.23 Å². The zero-order chi connectivity index (χ0) is 13.5. The van der Waals surface area contributed by atoms with Crippen molar-refractivity contribution in [1.82, 2.24) is 0 Å². The highest BCUT2D eigenvalue weighted by molar-refractivity contribution is 7.93. The van der Waals surface area contributed by atoms with E-state index in [1.54, 1.807) is 0 Å². The topological polar surface area (TPSA) is 17.1 Å². The van der Waals surface area contributed by atoms with Gasteiger partial charge in [0.25, 0.3) is 3.25 Å². The van der Waals surface area contributed by atoms with Crippen LogP contribution in [0.25, 0.3) is 0 Å². The Bertz CT molecular complexity index is 158. The highest BCUT2D eigenvalue weighted by atomic mass is 35.6. The van der Waals surface area contributed by atoms with Gasteiger partial charge >= 0.3 is 0 Å². The molecule has 0 heterocycles. The number of alkyl halides is 7. The van der Waals surface area contributed by atoms with Crippen molar-refractivity contribution >= 4 is 127 Å². The SMILES string of the molecule is ClC(Cl)(Cl)Cl.ClC(Cl)Cl.O=C=S.S=C=S. The second kappa shape index (κ2) is 21.3. The van der Waals surface area contributed by atoms with Gasteiger partial charge in [-0.05, 0) is 24.4 Å². The van der Waals surface area contributed by atoms with Crippen molar-refractivity contribution in [3.63, 3.8) is 0 Å². The van der Waals surface area contributed by atoms with E-state index in [4.69, 9.17) is 86.0 Å².